The molecule has 3 heterocycles. The highest BCUT2D eigenvalue weighted by Crippen LogP contribution is 2.58. The number of carbonyl (C=O) groups is 3. The van der Waals surface area contributed by atoms with Crippen LogP contribution in [-0.2, 0) is 23.9 Å². The lowest BCUT2D eigenvalue weighted by atomic mass is 9.71. The number of halogens is 1. The Bertz CT molecular complexity index is 872. The van der Waals surface area contributed by atoms with Gasteiger partial charge in [0.05, 0.1) is 41.9 Å². The van der Waals surface area contributed by atoms with Crippen molar-refractivity contribution in [2.45, 2.75) is 44.4 Å². The highest BCUT2D eigenvalue weighted by atomic mass is 35.5. The number of aryl methyl sites for hydroxylation is 1. The molecule has 162 valence electrons. The molecule has 9 heteroatoms. The van der Waals surface area contributed by atoms with Crippen LogP contribution in [0.25, 0.3) is 0 Å². The van der Waals surface area contributed by atoms with E-state index in [0.717, 1.165) is 5.56 Å². The number of likely N-dealkylation sites (tertiary alicyclic amines) is 1. The number of carbonyl (C=O) groups excluding carboxylic acids is 3. The number of esters is 1. The second kappa shape index (κ2) is 7.83. The molecule has 30 heavy (non-hydrogen) atoms. The predicted molar refractivity (Wildman–Crippen MR) is 108 cm³/mol. The fourth-order valence-corrected chi connectivity index (χ4v) is 5.56. The van der Waals surface area contributed by atoms with Crippen molar-refractivity contribution in [3.05, 3.63) is 28.8 Å². The molecule has 1 aromatic rings. The van der Waals surface area contributed by atoms with Gasteiger partial charge in [0.2, 0.25) is 11.8 Å². The zero-order chi connectivity index (χ0) is 21.6. The molecule has 0 aromatic heterocycles. The van der Waals surface area contributed by atoms with E-state index in [1.807, 2.05) is 13.0 Å². The molecule has 3 aliphatic rings. The fraction of sp³-hybridized carbons (Fsp3) is 0.571. The molecule has 0 radical (unpaired) electrons. The summed E-state index contributed by atoms with van der Waals surface area (Å²) in [6.45, 7) is 3.39. The molecule has 0 unspecified atom stereocenters. The van der Waals surface area contributed by atoms with Gasteiger partial charge >= 0.3 is 5.97 Å². The van der Waals surface area contributed by atoms with Gasteiger partial charge in [-0.15, -0.1) is 0 Å². The Morgan fingerprint density at radius 1 is 1.43 bits per heavy atom. The van der Waals surface area contributed by atoms with Crippen molar-refractivity contribution in [3.63, 3.8) is 0 Å². The minimum atomic E-state index is -1.12. The van der Waals surface area contributed by atoms with E-state index in [2.05, 4.69) is 5.32 Å². The number of rotatable bonds is 6. The maximum atomic E-state index is 13.4. The molecular formula is C21H25ClN2O6. The zero-order valence-corrected chi connectivity index (χ0v) is 17.6. The molecule has 0 aliphatic carbocycles. The van der Waals surface area contributed by atoms with Gasteiger partial charge in [0.15, 0.2) is 0 Å². The highest BCUT2D eigenvalue weighted by molar-refractivity contribution is 6.34. The number of ether oxygens (including phenoxy) is 2. The molecule has 1 spiro atoms. The third-order valence-corrected chi connectivity index (χ3v) is 6.73. The summed E-state index contributed by atoms with van der Waals surface area (Å²) >= 11 is 6.27. The number of fused-ring (bicyclic) bond motifs is 1. The van der Waals surface area contributed by atoms with Crippen molar-refractivity contribution >= 4 is 35.1 Å². The maximum Gasteiger partial charge on any atom is 0.312 e. The summed E-state index contributed by atoms with van der Waals surface area (Å²) < 4.78 is 11.4. The Balaban J connectivity index is 1.71. The number of hydrogen-bond acceptors (Lipinski definition) is 6. The molecule has 0 saturated carbocycles. The SMILES string of the molecule is CCOC(=O)[C@@H]1[C@@H]2CC[C@]3(O2)[C@H](C(=O)Nc2c(C)cccc2Cl)N(CCO)C(=O)[C@@H]13. The van der Waals surface area contributed by atoms with E-state index in [0.29, 0.717) is 23.6 Å². The van der Waals surface area contributed by atoms with Gasteiger partial charge in [0, 0.05) is 6.54 Å². The van der Waals surface area contributed by atoms with Crippen LogP contribution in [0.5, 0.6) is 0 Å². The number of aliphatic hydroxyl groups excluding tert-OH is 1. The van der Waals surface area contributed by atoms with Gasteiger partial charge in [-0.05, 0) is 38.3 Å². The normalized spacial score (nSPS) is 31.7. The number of nitrogens with zero attached hydrogens (tertiary/aromatic N) is 1. The smallest absolute Gasteiger partial charge is 0.312 e. The van der Waals surface area contributed by atoms with Crippen LogP contribution in [0.1, 0.15) is 25.3 Å². The summed E-state index contributed by atoms with van der Waals surface area (Å²) in [6.07, 6.45) is 0.590. The number of anilines is 1. The van der Waals surface area contributed by atoms with Gasteiger partial charge in [-0.2, -0.15) is 0 Å². The Kier molecular flexibility index (Phi) is 5.50. The minimum absolute atomic E-state index is 0.0275. The second-order valence-corrected chi connectivity index (χ2v) is 8.39. The zero-order valence-electron chi connectivity index (χ0n) is 16.9. The number of aliphatic hydroxyl groups is 1. The molecule has 2 amide bonds. The lowest BCUT2D eigenvalue weighted by Crippen LogP contribution is -2.53. The summed E-state index contributed by atoms with van der Waals surface area (Å²) in [7, 11) is 0. The standard InChI is InChI=1S/C21H25ClN2O6/c1-3-29-20(28)14-13-7-8-21(30-13)15(14)19(27)24(9-10-25)17(21)18(26)23-16-11(2)5-4-6-12(16)22/h4-6,13-15,17,25H,3,7-10H2,1-2H3,(H,23,26)/t13-,14+,15+,17-,21+/m0/s1. The van der Waals surface area contributed by atoms with Crippen LogP contribution < -0.4 is 5.32 Å². The van der Waals surface area contributed by atoms with Gasteiger partial charge < -0.3 is 24.8 Å². The van der Waals surface area contributed by atoms with Crippen molar-refractivity contribution in [1.29, 1.82) is 0 Å². The maximum absolute atomic E-state index is 13.4. The first kappa shape index (κ1) is 21.1. The first-order valence-corrected chi connectivity index (χ1v) is 10.5. The molecule has 3 aliphatic heterocycles. The van der Waals surface area contributed by atoms with Crippen LogP contribution in [0.2, 0.25) is 5.02 Å². The van der Waals surface area contributed by atoms with E-state index in [9.17, 15) is 19.5 Å². The number of nitrogens with one attached hydrogen (secondary N) is 1. The summed E-state index contributed by atoms with van der Waals surface area (Å²) in [6, 6.07) is 4.31. The molecule has 8 nitrogen and oxygen atoms in total. The minimum Gasteiger partial charge on any atom is -0.466 e. The Morgan fingerprint density at radius 3 is 2.87 bits per heavy atom. The Hall–Kier alpha value is -2.16. The van der Waals surface area contributed by atoms with Crippen molar-refractivity contribution in [2.24, 2.45) is 11.8 Å². The van der Waals surface area contributed by atoms with Gasteiger partial charge in [-0.25, -0.2) is 0 Å². The van der Waals surface area contributed by atoms with E-state index < -0.39 is 41.5 Å². The summed E-state index contributed by atoms with van der Waals surface area (Å²) in [5.74, 6) is -2.83. The number of benzene rings is 1. The molecule has 3 fully saturated rings. The molecule has 4 rings (SSSR count). The lowest BCUT2D eigenvalue weighted by molar-refractivity contribution is -0.154. The first-order valence-electron chi connectivity index (χ1n) is 10.2. The molecule has 2 N–H and O–H groups in total. The summed E-state index contributed by atoms with van der Waals surface area (Å²) in [5.41, 5.74) is 0.131. The van der Waals surface area contributed by atoms with E-state index in [1.54, 1.807) is 19.1 Å². The van der Waals surface area contributed by atoms with Crippen molar-refractivity contribution < 1.29 is 29.0 Å². The molecule has 3 saturated heterocycles. The van der Waals surface area contributed by atoms with Gasteiger partial charge in [0.25, 0.3) is 0 Å². The van der Waals surface area contributed by atoms with Crippen LogP contribution in [0, 0.1) is 18.8 Å². The van der Waals surface area contributed by atoms with Crippen LogP contribution in [-0.4, -0.2) is 65.3 Å². The predicted octanol–water partition coefficient (Wildman–Crippen LogP) is 1.52. The molecule has 5 atom stereocenters. The van der Waals surface area contributed by atoms with Crippen LogP contribution in [0.15, 0.2) is 18.2 Å². The van der Waals surface area contributed by atoms with E-state index in [4.69, 9.17) is 21.1 Å². The van der Waals surface area contributed by atoms with Crippen molar-refractivity contribution in [1.82, 2.24) is 4.90 Å². The van der Waals surface area contributed by atoms with Crippen molar-refractivity contribution in [3.8, 4) is 0 Å². The number of amides is 2. The van der Waals surface area contributed by atoms with Gasteiger partial charge in [-0.3, -0.25) is 14.4 Å². The Morgan fingerprint density at radius 2 is 2.20 bits per heavy atom. The van der Waals surface area contributed by atoms with Gasteiger partial charge in [0.1, 0.15) is 11.6 Å². The lowest BCUT2D eigenvalue weighted by Gasteiger charge is -2.33. The summed E-state index contributed by atoms with van der Waals surface area (Å²) in [5, 5.41) is 12.8. The van der Waals surface area contributed by atoms with E-state index in [1.165, 1.54) is 4.90 Å². The third-order valence-electron chi connectivity index (χ3n) is 6.42. The number of para-hydroxylation sites is 1. The first-order chi connectivity index (χ1) is 14.4. The van der Waals surface area contributed by atoms with Crippen molar-refractivity contribution in [2.75, 3.05) is 25.1 Å². The topological polar surface area (TPSA) is 105 Å². The van der Waals surface area contributed by atoms with Crippen LogP contribution in [0.3, 0.4) is 0 Å². The quantitative estimate of drug-likeness (QED) is 0.655. The highest BCUT2D eigenvalue weighted by Gasteiger charge is 2.74. The van der Waals surface area contributed by atoms with Gasteiger partial charge in [-0.1, -0.05) is 23.7 Å². The Labute approximate surface area is 179 Å². The summed E-state index contributed by atoms with van der Waals surface area (Å²) in [4.78, 5) is 40.7. The third kappa shape index (κ3) is 3.01. The van der Waals surface area contributed by atoms with E-state index in [-0.39, 0.29) is 25.7 Å². The number of β-amino-alcohol motifs (C(OH)–C–C–N with tert-alkyl or cyclic N) is 1. The monoisotopic (exact) mass is 436 g/mol. The average molecular weight is 437 g/mol. The second-order valence-electron chi connectivity index (χ2n) is 7.98. The fourth-order valence-electron chi connectivity index (χ4n) is 5.29. The largest absolute Gasteiger partial charge is 0.466 e. The van der Waals surface area contributed by atoms with E-state index >= 15 is 0 Å². The molecule has 2 bridgehead atoms. The van der Waals surface area contributed by atoms with Crippen LogP contribution >= 0.6 is 11.6 Å². The van der Waals surface area contributed by atoms with Crippen LogP contribution in [0.4, 0.5) is 5.69 Å². The molecular weight excluding hydrogens is 412 g/mol. The molecule has 1 aromatic carbocycles. The average Bonchev–Trinajstić information content (AvgIpc) is 3.33. The number of hydrogen-bond donors (Lipinski definition) is 2.